The molecule has 3 aromatic rings. The van der Waals surface area contributed by atoms with E-state index in [0.29, 0.717) is 34.6 Å². The van der Waals surface area contributed by atoms with Gasteiger partial charge in [-0.05, 0) is 75.8 Å². The van der Waals surface area contributed by atoms with Gasteiger partial charge >= 0.3 is 0 Å². The first-order valence-corrected chi connectivity index (χ1v) is 13.6. The molecule has 5 nitrogen and oxygen atoms in total. The van der Waals surface area contributed by atoms with Crippen LogP contribution in [0, 0.1) is 23.4 Å². The van der Waals surface area contributed by atoms with Crippen LogP contribution in [0.15, 0.2) is 41.4 Å². The largest absolute Gasteiger partial charge is 0.398 e. The van der Waals surface area contributed by atoms with Gasteiger partial charge in [-0.3, -0.25) is 9.79 Å². The first-order chi connectivity index (χ1) is 18.9. The number of hydrogen-bond donors (Lipinski definition) is 2. The zero-order valence-corrected chi connectivity index (χ0v) is 22.8. The first kappa shape index (κ1) is 28.1. The molecule has 40 heavy (non-hydrogen) atoms. The summed E-state index contributed by atoms with van der Waals surface area (Å²) in [6.07, 6.45) is 5.44. The molecule has 1 atom stereocenters. The van der Waals surface area contributed by atoms with Crippen LogP contribution in [0.2, 0.25) is 5.02 Å². The van der Waals surface area contributed by atoms with Gasteiger partial charge < -0.3 is 11.1 Å². The lowest BCUT2D eigenvalue weighted by Gasteiger charge is -2.23. The molecule has 1 aromatic heterocycles. The maximum atomic E-state index is 15.6. The van der Waals surface area contributed by atoms with Gasteiger partial charge in [0.1, 0.15) is 23.0 Å². The molecule has 2 aliphatic rings. The molecule has 0 aliphatic heterocycles. The molecule has 1 amide bonds. The minimum Gasteiger partial charge on any atom is -0.398 e. The second-order valence-corrected chi connectivity index (χ2v) is 11.4. The summed E-state index contributed by atoms with van der Waals surface area (Å²) in [6.45, 7) is 2.51. The quantitative estimate of drug-likeness (QED) is 0.124. The molecule has 2 aromatic carbocycles. The van der Waals surface area contributed by atoms with Crippen molar-refractivity contribution in [3.8, 4) is 11.3 Å². The predicted octanol–water partition coefficient (Wildman–Crippen LogP) is 7.11. The van der Waals surface area contributed by atoms with E-state index in [2.05, 4.69) is 15.3 Å². The third-order valence-electron chi connectivity index (χ3n) is 7.26. The monoisotopic (exact) mass is 572 g/mol. The van der Waals surface area contributed by atoms with Gasteiger partial charge in [-0.1, -0.05) is 11.6 Å². The Labute approximate surface area is 234 Å². The van der Waals surface area contributed by atoms with Crippen LogP contribution in [0.4, 0.5) is 23.2 Å². The van der Waals surface area contributed by atoms with Crippen molar-refractivity contribution in [2.45, 2.75) is 57.2 Å². The van der Waals surface area contributed by atoms with Crippen LogP contribution in [0.5, 0.6) is 0 Å². The van der Waals surface area contributed by atoms with Crippen LogP contribution in [0.1, 0.15) is 72.6 Å². The van der Waals surface area contributed by atoms with Gasteiger partial charge in [0.2, 0.25) is 0 Å². The fourth-order valence-corrected chi connectivity index (χ4v) is 4.77. The Morgan fingerprint density at radius 2 is 1.88 bits per heavy atom. The second-order valence-electron chi connectivity index (χ2n) is 11.0. The minimum absolute atomic E-state index is 0.107. The Balaban J connectivity index is 1.46. The van der Waals surface area contributed by atoms with E-state index in [1.165, 1.54) is 19.9 Å². The molecule has 10 heteroatoms. The average Bonchev–Trinajstić information content (AvgIpc) is 3.81. The van der Waals surface area contributed by atoms with Crippen LogP contribution in [-0.2, 0) is 5.67 Å². The van der Waals surface area contributed by atoms with E-state index in [-0.39, 0.29) is 29.5 Å². The highest BCUT2D eigenvalue weighted by molar-refractivity contribution is 6.31. The van der Waals surface area contributed by atoms with Crippen molar-refractivity contribution in [3.63, 3.8) is 0 Å². The summed E-state index contributed by atoms with van der Waals surface area (Å²) in [5, 5.41) is 2.49. The Kier molecular flexibility index (Phi) is 7.61. The van der Waals surface area contributed by atoms with E-state index in [1.54, 1.807) is 24.4 Å². The molecule has 5 rings (SSSR count). The van der Waals surface area contributed by atoms with Crippen molar-refractivity contribution in [3.05, 3.63) is 81.3 Å². The van der Waals surface area contributed by atoms with Crippen molar-refractivity contribution in [1.82, 2.24) is 10.3 Å². The summed E-state index contributed by atoms with van der Waals surface area (Å²) in [4.78, 5) is 21.9. The van der Waals surface area contributed by atoms with E-state index >= 15 is 8.78 Å². The SMILES string of the molecule is CC(C)(F)c1cc(C(CNC(=O)c2ccc(N)c(C=NC3CC3)c2)C2CC2)nc(-c2cc(Cl)c(F)cc2F)c1F. The number of nitrogen functional groups attached to an aromatic ring is 1. The van der Waals surface area contributed by atoms with Crippen LogP contribution in [-0.4, -0.2) is 29.7 Å². The molecule has 1 unspecified atom stereocenters. The van der Waals surface area contributed by atoms with Gasteiger partial charge in [-0.15, -0.1) is 0 Å². The summed E-state index contributed by atoms with van der Waals surface area (Å²) in [5.41, 5.74) is 4.61. The highest BCUT2D eigenvalue weighted by Gasteiger charge is 2.36. The zero-order chi connectivity index (χ0) is 28.8. The molecule has 1 heterocycles. The number of anilines is 1. The standard InChI is InChI=1S/C30H29ClF4N4O/c1-30(2,35)21-11-26(39-28(27(21)34)19-10-22(31)24(33)12-23(19)32)20(15-3-4-15)14-38-29(40)16-5-8-25(36)17(9-16)13-37-18-6-7-18/h5,8-13,15,18,20H,3-4,6-7,14,36H2,1-2H3,(H,38,40). The van der Waals surface area contributed by atoms with Crippen LogP contribution >= 0.6 is 11.6 Å². The van der Waals surface area contributed by atoms with Crippen LogP contribution in [0.3, 0.4) is 0 Å². The van der Waals surface area contributed by atoms with E-state index in [9.17, 15) is 13.6 Å². The third-order valence-corrected chi connectivity index (χ3v) is 7.55. The number of aromatic nitrogens is 1. The number of halogens is 5. The lowest BCUT2D eigenvalue weighted by atomic mass is 9.91. The summed E-state index contributed by atoms with van der Waals surface area (Å²) >= 11 is 5.85. The number of benzene rings is 2. The predicted molar refractivity (Wildman–Crippen MR) is 148 cm³/mol. The number of nitrogens with one attached hydrogen (secondary N) is 1. The maximum absolute atomic E-state index is 15.6. The fourth-order valence-electron chi connectivity index (χ4n) is 4.61. The molecule has 2 saturated carbocycles. The molecule has 2 fully saturated rings. The number of rotatable bonds is 9. The summed E-state index contributed by atoms with van der Waals surface area (Å²) in [5.74, 6) is -3.78. The summed E-state index contributed by atoms with van der Waals surface area (Å²) in [6, 6.07) is 8.05. The number of nitrogens with two attached hydrogens (primary N) is 1. The van der Waals surface area contributed by atoms with Gasteiger partial charge in [-0.2, -0.15) is 0 Å². The minimum atomic E-state index is -2.13. The number of pyridine rings is 1. The Bertz CT molecular complexity index is 1500. The third kappa shape index (κ3) is 6.14. The lowest BCUT2D eigenvalue weighted by Crippen LogP contribution is -2.30. The molecule has 0 saturated heterocycles. The number of carbonyl (C=O) groups is 1. The van der Waals surface area contributed by atoms with E-state index in [0.717, 1.165) is 31.7 Å². The molecule has 3 N–H and O–H groups in total. The van der Waals surface area contributed by atoms with E-state index in [4.69, 9.17) is 17.3 Å². The fraction of sp³-hybridized carbons (Fsp3) is 0.367. The summed E-state index contributed by atoms with van der Waals surface area (Å²) in [7, 11) is 0. The van der Waals surface area contributed by atoms with Crippen molar-refractivity contribution in [2.75, 3.05) is 12.3 Å². The van der Waals surface area contributed by atoms with Gasteiger partial charge in [-0.25, -0.2) is 22.5 Å². The number of nitrogens with zero attached hydrogens (tertiary/aromatic N) is 2. The number of hydrogen-bond acceptors (Lipinski definition) is 4. The molecule has 0 bridgehead atoms. The van der Waals surface area contributed by atoms with Crippen LogP contribution < -0.4 is 11.1 Å². The van der Waals surface area contributed by atoms with Gasteiger partial charge in [0.15, 0.2) is 5.82 Å². The summed E-state index contributed by atoms with van der Waals surface area (Å²) < 4.78 is 59.3. The van der Waals surface area contributed by atoms with Crippen molar-refractivity contribution < 1.29 is 22.4 Å². The lowest BCUT2D eigenvalue weighted by molar-refractivity contribution is 0.0950. The second kappa shape index (κ2) is 10.8. The Morgan fingerprint density at radius 1 is 1.15 bits per heavy atom. The number of carbonyl (C=O) groups excluding carboxylic acids is 1. The molecule has 0 spiro atoms. The number of alkyl halides is 1. The normalized spacial score (nSPS) is 16.4. The first-order valence-electron chi connectivity index (χ1n) is 13.2. The Morgan fingerprint density at radius 3 is 2.52 bits per heavy atom. The molecule has 2 aliphatic carbocycles. The number of amides is 1. The van der Waals surface area contributed by atoms with Gasteiger partial charge in [0.25, 0.3) is 5.91 Å². The number of aliphatic imine (C=N–C) groups is 1. The van der Waals surface area contributed by atoms with Crippen molar-refractivity contribution in [2.24, 2.45) is 10.9 Å². The van der Waals surface area contributed by atoms with Crippen molar-refractivity contribution in [1.29, 1.82) is 0 Å². The maximum Gasteiger partial charge on any atom is 0.251 e. The highest BCUT2D eigenvalue weighted by Crippen LogP contribution is 2.44. The zero-order valence-electron chi connectivity index (χ0n) is 22.1. The average molecular weight is 573 g/mol. The van der Waals surface area contributed by atoms with E-state index in [1.807, 2.05) is 0 Å². The van der Waals surface area contributed by atoms with Gasteiger partial charge in [0.05, 0.1) is 11.1 Å². The highest BCUT2D eigenvalue weighted by atomic mass is 35.5. The molecular weight excluding hydrogens is 544 g/mol. The van der Waals surface area contributed by atoms with Crippen LogP contribution in [0.25, 0.3) is 11.3 Å². The van der Waals surface area contributed by atoms with Gasteiger partial charge in [0, 0.05) is 58.4 Å². The molecule has 210 valence electrons. The van der Waals surface area contributed by atoms with E-state index < -0.39 is 39.8 Å². The topological polar surface area (TPSA) is 80.4 Å². The van der Waals surface area contributed by atoms with Crippen molar-refractivity contribution >= 4 is 29.4 Å². The smallest absolute Gasteiger partial charge is 0.251 e. The molecular formula is C30H29ClF4N4O. The molecule has 0 radical (unpaired) electrons. The Hall–Kier alpha value is -3.46.